The minimum absolute atomic E-state index is 0.0446. The predicted molar refractivity (Wildman–Crippen MR) is 80.1 cm³/mol. The lowest BCUT2D eigenvalue weighted by Gasteiger charge is -2.28. The molecule has 0 radical (unpaired) electrons. The Labute approximate surface area is 134 Å². The number of hydrogen-bond donors (Lipinski definition) is 0. The lowest BCUT2D eigenvalue weighted by Crippen LogP contribution is -2.45. The van der Waals surface area contributed by atoms with Gasteiger partial charge in [0, 0.05) is 0 Å². The van der Waals surface area contributed by atoms with Crippen LogP contribution in [0.25, 0.3) is 0 Å². The topological polar surface area (TPSA) is 78.9 Å². The van der Waals surface area contributed by atoms with E-state index in [0.29, 0.717) is 5.56 Å². The normalized spacial score (nSPS) is 19.1. The van der Waals surface area contributed by atoms with Crippen molar-refractivity contribution in [1.82, 2.24) is 0 Å². The molecule has 0 N–H and O–H groups in total. The van der Waals surface area contributed by atoms with Gasteiger partial charge in [0.25, 0.3) is 0 Å². The first-order valence-electron chi connectivity index (χ1n) is 7.29. The standard InChI is InChI=1S/C17H18O6/c1-4-21-15(19)17(16(20)22-5-2)11(3)14(18)23-13(17)12-9-7-6-8-10-12/h6-10,13H,3-5H2,1-2H3. The molecule has 1 aliphatic heterocycles. The summed E-state index contributed by atoms with van der Waals surface area (Å²) in [4.78, 5) is 37.3. The van der Waals surface area contributed by atoms with Gasteiger partial charge in [-0.05, 0) is 19.4 Å². The highest BCUT2D eigenvalue weighted by Gasteiger charge is 2.66. The highest BCUT2D eigenvalue weighted by Crippen LogP contribution is 2.50. The monoisotopic (exact) mass is 318 g/mol. The molecule has 6 nitrogen and oxygen atoms in total. The van der Waals surface area contributed by atoms with E-state index in [4.69, 9.17) is 14.2 Å². The van der Waals surface area contributed by atoms with Crippen molar-refractivity contribution in [3.8, 4) is 0 Å². The summed E-state index contributed by atoms with van der Waals surface area (Å²) in [6, 6.07) is 8.51. The molecular weight excluding hydrogens is 300 g/mol. The molecule has 1 aromatic rings. The first kappa shape index (κ1) is 16.7. The van der Waals surface area contributed by atoms with E-state index < -0.39 is 29.4 Å². The molecule has 23 heavy (non-hydrogen) atoms. The zero-order valence-corrected chi connectivity index (χ0v) is 13.0. The van der Waals surface area contributed by atoms with Crippen LogP contribution in [0.1, 0.15) is 25.5 Å². The molecule has 6 heteroatoms. The van der Waals surface area contributed by atoms with Gasteiger partial charge in [-0.15, -0.1) is 0 Å². The zero-order chi connectivity index (χ0) is 17.0. The number of ether oxygens (including phenoxy) is 3. The molecule has 0 amide bonds. The van der Waals surface area contributed by atoms with Gasteiger partial charge in [-0.3, -0.25) is 9.59 Å². The van der Waals surface area contributed by atoms with Gasteiger partial charge in [-0.2, -0.15) is 0 Å². The average Bonchev–Trinajstić information content (AvgIpc) is 2.81. The summed E-state index contributed by atoms with van der Waals surface area (Å²) in [7, 11) is 0. The van der Waals surface area contributed by atoms with E-state index in [1.165, 1.54) is 0 Å². The molecule has 1 heterocycles. The zero-order valence-electron chi connectivity index (χ0n) is 13.0. The van der Waals surface area contributed by atoms with E-state index in [-0.39, 0.29) is 18.8 Å². The van der Waals surface area contributed by atoms with Crippen LogP contribution in [0, 0.1) is 5.41 Å². The second-order valence-corrected chi connectivity index (χ2v) is 4.92. The fourth-order valence-electron chi connectivity index (χ4n) is 2.57. The summed E-state index contributed by atoms with van der Waals surface area (Å²) >= 11 is 0. The first-order chi connectivity index (χ1) is 11.0. The Hall–Kier alpha value is -2.63. The second kappa shape index (κ2) is 6.64. The van der Waals surface area contributed by atoms with Crippen molar-refractivity contribution in [2.75, 3.05) is 13.2 Å². The summed E-state index contributed by atoms with van der Waals surface area (Å²) in [5.41, 5.74) is -1.81. The third kappa shape index (κ3) is 2.60. The van der Waals surface area contributed by atoms with Crippen LogP contribution >= 0.6 is 0 Å². The van der Waals surface area contributed by atoms with Crippen LogP contribution in [0.3, 0.4) is 0 Å². The highest BCUT2D eigenvalue weighted by atomic mass is 16.6. The Morgan fingerprint density at radius 3 is 2.13 bits per heavy atom. The molecule has 122 valence electrons. The molecule has 1 unspecified atom stereocenters. The fourth-order valence-corrected chi connectivity index (χ4v) is 2.57. The van der Waals surface area contributed by atoms with Gasteiger partial charge in [0.2, 0.25) is 5.41 Å². The molecule has 0 aliphatic carbocycles. The maximum Gasteiger partial charge on any atom is 0.336 e. The van der Waals surface area contributed by atoms with Crippen LogP contribution < -0.4 is 0 Å². The summed E-state index contributed by atoms with van der Waals surface area (Å²) in [6.07, 6.45) is -1.17. The number of hydrogen-bond acceptors (Lipinski definition) is 6. The van der Waals surface area contributed by atoms with Crippen LogP contribution in [-0.4, -0.2) is 31.1 Å². The van der Waals surface area contributed by atoms with Gasteiger partial charge in [-0.1, -0.05) is 36.9 Å². The Morgan fingerprint density at radius 1 is 1.13 bits per heavy atom. The number of rotatable bonds is 5. The van der Waals surface area contributed by atoms with Crippen molar-refractivity contribution >= 4 is 17.9 Å². The quantitative estimate of drug-likeness (QED) is 0.357. The van der Waals surface area contributed by atoms with Gasteiger partial charge >= 0.3 is 17.9 Å². The lowest BCUT2D eigenvalue weighted by atomic mass is 9.75. The molecule has 1 fully saturated rings. The third-order valence-electron chi connectivity index (χ3n) is 3.64. The van der Waals surface area contributed by atoms with E-state index in [0.717, 1.165) is 0 Å². The third-order valence-corrected chi connectivity index (χ3v) is 3.64. The van der Waals surface area contributed by atoms with Crippen molar-refractivity contribution in [3.05, 3.63) is 48.0 Å². The maximum atomic E-state index is 12.6. The maximum absolute atomic E-state index is 12.6. The lowest BCUT2D eigenvalue weighted by molar-refractivity contribution is -0.174. The van der Waals surface area contributed by atoms with E-state index in [9.17, 15) is 14.4 Å². The van der Waals surface area contributed by atoms with E-state index in [2.05, 4.69) is 6.58 Å². The Kier molecular flexibility index (Phi) is 4.83. The molecule has 0 spiro atoms. The molecule has 0 bridgehead atoms. The van der Waals surface area contributed by atoms with Gasteiger partial charge in [0.1, 0.15) is 0 Å². The molecule has 0 aromatic heterocycles. The molecular formula is C17H18O6. The van der Waals surface area contributed by atoms with Crippen molar-refractivity contribution in [2.24, 2.45) is 5.41 Å². The molecule has 2 rings (SSSR count). The van der Waals surface area contributed by atoms with Gasteiger partial charge in [0.15, 0.2) is 6.10 Å². The van der Waals surface area contributed by atoms with Crippen molar-refractivity contribution in [2.45, 2.75) is 20.0 Å². The first-order valence-corrected chi connectivity index (χ1v) is 7.29. The number of benzene rings is 1. The minimum Gasteiger partial charge on any atom is -0.465 e. The Morgan fingerprint density at radius 2 is 1.65 bits per heavy atom. The average molecular weight is 318 g/mol. The second-order valence-electron chi connectivity index (χ2n) is 4.92. The van der Waals surface area contributed by atoms with Crippen molar-refractivity contribution < 1.29 is 28.6 Å². The van der Waals surface area contributed by atoms with E-state index in [1.54, 1.807) is 44.2 Å². The minimum atomic E-state index is -2.02. The molecule has 1 aliphatic rings. The number of carbonyl (C=O) groups excluding carboxylic acids is 3. The summed E-state index contributed by atoms with van der Waals surface area (Å²) in [5.74, 6) is -2.62. The fraction of sp³-hybridized carbons (Fsp3) is 0.353. The summed E-state index contributed by atoms with van der Waals surface area (Å²) in [5, 5.41) is 0. The molecule has 0 saturated carbocycles. The predicted octanol–water partition coefficient (Wildman–Crippen LogP) is 1.95. The van der Waals surface area contributed by atoms with E-state index >= 15 is 0 Å². The van der Waals surface area contributed by atoms with Crippen LogP contribution in [0.5, 0.6) is 0 Å². The van der Waals surface area contributed by atoms with Crippen molar-refractivity contribution in [1.29, 1.82) is 0 Å². The van der Waals surface area contributed by atoms with Crippen LogP contribution in [0.15, 0.2) is 42.5 Å². The van der Waals surface area contributed by atoms with Crippen LogP contribution in [0.2, 0.25) is 0 Å². The van der Waals surface area contributed by atoms with Gasteiger partial charge in [-0.25, -0.2) is 4.79 Å². The molecule has 1 atom stereocenters. The summed E-state index contributed by atoms with van der Waals surface area (Å²) < 4.78 is 15.3. The number of esters is 3. The van der Waals surface area contributed by atoms with Crippen molar-refractivity contribution in [3.63, 3.8) is 0 Å². The Balaban J connectivity index is 2.62. The number of cyclic esters (lactones) is 1. The van der Waals surface area contributed by atoms with Crippen LogP contribution in [-0.2, 0) is 28.6 Å². The van der Waals surface area contributed by atoms with Gasteiger partial charge in [0.05, 0.1) is 18.8 Å². The van der Waals surface area contributed by atoms with Gasteiger partial charge < -0.3 is 14.2 Å². The smallest absolute Gasteiger partial charge is 0.336 e. The number of carbonyl (C=O) groups is 3. The summed E-state index contributed by atoms with van der Waals surface area (Å²) in [6.45, 7) is 6.90. The molecule has 1 aromatic carbocycles. The van der Waals surface area contributed by atoms with E-state index in [1.807, 2.05) is 0 Å². The highest BCUT2D eigenvalue weighted by molar-refractivity contribution is 6.14. The Bertz CT molecular complexity index is 616. The molecule has 1 saturated heterocycles. The largest absolute Gasteiger partial charge is 0.465 e. The van der Waals surface area contributed by atoms with Crippen LogP contribution in [0.4, 0.5) is 0 Å². The SMILES string of the molecule is C=C1C(=O)OC(c2ccccc2)C1(C(=O)OCC)C(=O)OCC.